The van der Waals surface area contributed by atoms with Crippen molar-refractivity contribution in [3.05, 3.63) is 35.4 Å². The molecule has 0 aliphatic carbocycles. The van der Waals surface area contributed by atoms with Crippen LogP contribution in [0.15, 0.2) is 24.3 Å². The second-order valence-electron chi connectivity index (χ2n) is 4.40. The highest BCUT2D eigenvalue weighted by molar-refractivity contribution is 5.26. The van der Waals surface area contributed by atoms with Gasteiger partial charge in [0.15, 0.2) is 0 Å². The zero-order valence-electron chi connectivity index (χ0n) is 11.6. The molecule has 0 aromatic heterocycles. The molecule has 0 aliphatic rings. The Balaban J connectivity index is 2.18. The molecule has 0 saturated heterocycles. The first-order valence-electron chi connectivity index (χ1n) is 6.64. The van der Waals surface area contributed by atoms with Crippen molar-refractivity contribution in [2.75, 3.05) is 33.9 Å². The molecule has 0 bridgehead atoms. The fourth-order valence-corrected chi connectivity index (χ4v) is 1.96. The smallest absolute Gasteiger partial charge is 0.0715 e. The first-order chi connectivity index (χ1) is 8.88. The molecular formula is C15H25NO2. The highest BCUT2D eigenvalue weighted by Gasteiger charge is 2.00. The molecule has 0 fully saturated rings. The van der Waals surface area contributed by atoms with Gasteiger partial charge in [0.05, 0.1) is 13.2 Å². The van der Waals surface area contributed by atoms with E-state index < -0.39 is 0 Å². The topological polar surface area (TPSA) is 30.5 Å². The molecule has 0 unspecified atom stereocenters. The molecule has 18 heavy (non-hydrogen) atoms. The first kappa shape index (κ1) is 15.2. The molecule has 0 heterocycles. The van der Waals surface area contributed by atoms with Crippen molar-refractivity contribution >= 4 is 0 Å². The number of aryl methyl sites for hydroxylation is 1. The fourth-order valence-electron chi connectivity index (χ4n) is 1.96. The standard InChI is InChI=1S/C15H25NO2/c1-17-12-11-16-10-6-5-8-14-7-3-4-9-15(14)13-18-2/h3-4,7,9,16H,5-6,8,10-13H2,1-2H3. The molecule has 0 spiro atoms. The Hall–Kier alpha value is -0.900. The van der Waals surface area contributed by atoms with Crippen LogP contribution in [-0.4, -0.2) is 33.9 Å². The van der Waals surface area contributed by atoms with E-state index in [0.29, 0.717) is 6.61 Å². The van der Waals surface area contributed by atoms with Crippen LogP contribution in [0.1, 0.15) is 24.0 Å². The van der Waals surface area contributed by atoms with Gasteiger partial charge in [-0.25, -0.2) is 0 Å². The molecule has 1 rings (SSSR count). The summed E-state index contributed by atoms with van der Waals surface area (Å²) < 4.78 is 10.2. The van der Waals surface area contributed by atoms with Crippen molar-refractivity contribution in [1.82, 2.24) is 5.32 Å². The monoisotopic (exact) mass is 251 g/mol. The van der Waals surface area contributed by atoms with Crippen LogP contribution < -0.4 is 5.32 Å². The lowest BCUT2D eigenvalue weighted by atomic mass is 10.0. The lowest BCUT2D eigenvalue weighted by Crippen LogP contribution is -2.20. The highest BCUT2D eigenvalue weighted by atomic mass is 16.5. The lowest BCUT2D eigenvalue weighted by molar-refractivity contribution is 0.184. The first-order valence-corrected chi connectivity index (χ1v) is 6.64. The van der Waals surface area contributed by atoms with E-state index in [-0.39, 0.29) is 0 Å². The van der Waals surface area contributed by atoms with Crippen molar-refractivity contribution < 1.29 is 9.47 Å². The van der Waals surface area contributed by atoms with Gasteiger partial charge < -0.3 is 14.8 Å². The molecule has 0 saturated carbocycles. The van der Waals surface area contributed by atoms with Crippen molar-refractivity contribution in [1.29, 1.82) is 0 Å². The minimum absolute atomic E-state index is 0.711. The number of nitrogens with one attached hydrogen (secondary N) is 1. The van der Waals surface area contributed by atoms with Gasteiger partial charge in [0.25, 0.3) is 0 Å². The van der Waals surface area contributed by atoms with Gasteiger partial charge in [-0.2, -0.15) is 0 Å². The summed E-state index contributed by atoms with van der Waals surface area (Å²) in [7, 11) is 3.48. The molecule has 0 aliphatic heterocycles. The maximum atomic E-state index is 5.21. The summed E-state index contributed by atoms with van der Waals surface area (Å²) in [5.74, 6) is 0. The van der Waals surface area contributed by atoms with E-state index in [1.165, 1.54) is 24.0 Å². The van der Waals surface area contributed by atoms with E-state index in [4.69, 9.17) is 9.47 Å². The predicted octanol–water partition coefficient (Wildman–Crippen LogP) is 2.39. The number of unbranched alkanes of at least 4 members (excludes halogenated alkanes) is 1. The van der Waals surface area contributed by atoms with Crippen LogP contribution in [0.5, 0.6) is 0 Å². The Morgan fingerprint density at radius 1 is 0.944 bits per heavy atom. The fraction of sp³-hybridized carbons (Fsp3) is 0.600. The second kappa shape index (κ2) is 10.1. The second-order valence-corrected chi connectivity index (χ2v) is 4.40. The van der Waals surface area contributed by atoms with E-state index in [0.717, 1.165) is 26.1 Å². The summed E-state index contributed by atoms with van der Waals surface area (Å²) >= 11 is 0. The molecule has 102 valence electrons. The van der Waals surface area contributed by atoms with Gasteiger partial charge in [0, 0.05) is 20.8 Å². The summed E-state index contributed by atoms with van der Waals surface area (Å²) in [5, 5.41) is 3.36. The molecule has 0 radical (unpaired) electrons. The van der Waals surface area contributed by atoms with Crippen LogP contribution in [0, 0.1) is 0 Å². The Morgan fingerprint density at radius 2 is 1.72 bits per heavy atom. The maximum Gasteiger partial charge on any atom is 0.0715 e. The van der Waals surface area contributed by atoms with Crippen molar-refractivity contribution in [3.8, 4) is 0 Å². The SMILES string of the molecule is COCCNCCCCc1ccccc1COC. The normalized spacial score (nSPS) is 10.8. The van der Waals surface area contributed by atoms with Gasteiger partial charge in [-0.3, -0.25) is 0 Å². The minimum atomic E-state index is 0.711. The van der Waals surface area contributed by atoms with Crippen molar-refractivity contribution in [2.24, 2.45) is 0 Å². The third-order valence-electron chi connectivity index (χ3n) is 2.95. The molecule has 0 amide bonds. The lowest BCUT2D eigenvalue weighted by Gasteiger charge is -2.09. The van der Waals surface area contributed by atoms with E-state index in [2.05, 4.69) is 29.6 Å². The summed E-state index contributed by atoms with van der Waals surface area (Å²) in [6, 6.07) is 8.53. The zero-order valence-corrected chi connectivity index (χ0v) is 11.6. The Kier molecular flexibility index (Phi) is 8.47. The molecular weight excluding hydrogens is 226 g/mol. The molecule has 1 aromatic carbocycles. The van der Waals surface area contributed by atoms with Crippen LogP contribution >= 0.6 is 0 Å². The molecule has 3 nitrogen and oxygen atoms in total. The van der Waals surface area contributed by atoms with E-state index in [1.54, 1.807) is 14.2 Å². The van der Waals surface area contributed by atoms with E-state index in [9.17, 15) is 0 Å². The Labute approximate surface area is 110 Å². The van der Waals surface area contributed by atoms with Crippen LogP contribution in [-0.2, 0) is 22.5 Å². The quantitative estimate of drug-likeness (QED) is 0.648. The number of ether oxygens (including phenoxy) is 2. The zero-order chi connectivity index (χ0) is 13.1. The molecule has 1 aromatic rings. The summed E-state index contributed by atoms with van der Waals surface area (Å²) in [6.07, 6.45) is 3.54. The van der Waals surface area contributed by atoms with Crippen LogP contribution in [0.3, 0.4) is 0 Å². The average Bonchev–Trinajstić information content (AvgIpc) is 2.40. The van der Waals surface area contributed by atoms with Gasteiger partial charge in [-0.15, -0.1) is 0 Å². The Morgan fingerprint density at radius 3 is 2.44 bits per heavy atom. The Bertz CT molecular complexity index is 315. The summed E-state index contributed by atoms with van der Waals surface area (Å²) in [5.41, 5.74) is 2.73. The predicted molar refractivity (Wildman–Crippen MR) is 74.8 cm³/mol. The average molecular weight is 251 g/mol. The van der Waals surface area contributed by atoms with E-state index in [1.807, 2.05) is 0 Å². The van der Waals surface area contributed by atoms with Crippen LogP contribution in [0.4, 0.5) is 0 Å². The summed E-state index contributed by atoms with van der Waals surface area (Å²) in [4.78, 5) is 0. The number of methoxy groups -OCH3 is 2. The van der Waals surface area contributed by atoms with E-state index >= 15 is 0 Å². The van der Waals surface area contributed by atoms with Gasteiger partial charge in [-0.05, 0) is 36.9 Å². The van der Waals surface area contributed by atoms with Gasteiger partial charge in [-0.1, -0.05) is 24.3 Å². The molecule has 1 N–H and O–H groups in total. The van der Waals surface area contributed by atoms with Crippen LogP contribution in [0.2, 0.25) is 0 Å². The minimum Gasteiger partial charge on any atom is -0.383 e. The molecule has 0 atom stereocenters. The third kappa shape index (κ3) is 6.15. The number of benzene rings is 1. The van der Waals surface area contributed by atoms with Gasteiger partial charge in [0.2, 0.25) is 0 Å². The number of hydrogen-bond acceptors (Lipinski definition) is 3. The van der Waals surface area contributed by atoms with Crippen LogP contribution in [0.25, 0.3) is 0 Å². The summed E-state index contributed by atoms with van der Waals surface area (Å²) in [6.45, 7) is 3.51. The van der Waals surface area contributed by atoms with Crippen molar-refractivity contribution in [3.63, 3.8) is 0 Å². The third-order valence-corrected chi connectivity index (χ3v) is 2.95. The number of rotatable bonds is 10. The largest absolute Gasteiger partial charge is 0.383 e. The number of hydrogen-bond donors (Lipinski definition) is 1. The maximum absolute atomic E-state index is 5.21. The highest BCUT2D eigenvalue weighted by Crippen LogP contribution is 2.12. The molecule has 3 heteroatoms. The van der Waals surface area contributed by atoms with Crippen molar-refractivity contribution in [2.45, 2.75) is 25.9 Å². The van der Waals surface area contributed by atoms with Gasteiger partial charge in [0.1, 0.15) is 0 Å². The van der Waals surface area contributed by atoms with Gasteiger partial charge >= 0.3 is 0 Å².